The quantitative estimate of drug-likeness (QED) is 0.342. The zero-order valence-electron chi connectivity index (χ0n) is 20.2. The van der Waals surface area contributed by atoms with Crippen molar-refractivity contribution < 1.29 is 0 Å². The second-order valence-electron chi connectivity index (χ2n) is 9.51. The fourth-order valence-corrected chi connectivity index (χ4v) is 5.40. The Labute approximate surface area is 185 Å². The molecule has 0 aliphatic carbocycles. The lowest BCUT2D eigenvalue weighted by Gasteiger charge is -2.46. The minimum atomic E-state index is -0.388. The van der Waals surface area contributed by atoms with E-state index in [1.807, 2.05) is 0 Å². The number of nitrogens with one attached hydrogen (secondary N) is 1. The lowest BCUT2D eigenvalue weighted by molar-refractivity contribution is 0.135. The van der Waals surface area contributed by atoms with E-state index in [-0.39, 0.29) is 11.1 Å². The lowest BCUT2D eigenvalue weighted by atomic mass is 9.63. The summed E-state index contributed by atoms with van der Waals surface area (Å²) in [4.78, 5) is 0. The highest BCUT2D eigenvalue weighted by Crippen LogP contribution is 2.50. The minimum absolute atomic E-state index is 0.312. The van der Waals surface area contributed by atoms with Crippen molar-refractivity contribution in [3.05, 3.63) is 35.4 Å². The predicted octanol–water partition coefficient (Wildman–Crippen LogP) is 7.07. The summed E-state index contributed by atoms with van der Waals surface area (Å²) in [5.41, 5.74) is 12.0. The molecule has 4 heteroatoms. The molecule has 2 rings (SSSR count). The number of unbranched alkanes of at least 4 members (excludes halogenated alkanes) is 2. The molecule has 1 aliphatic rings. The first-order valence-electron chi connectivity index (χ1n) is 12.5. The van der Waals surface area contributed by atoms with Gasteiger partial charge < -0.3 is 5.73 Å². The van der Waals surface area contributed by atoms with E-state index < -0.39 is 0 Å². The van der Waals surface area contributed by atoms with Crippen LogP contribution in [0.5, 0.6) is 0 Å². The zero-order chi connectivity index (χ0) is 22.0. The molecule has 4 unspecified atom stereocenters. The van der Waals surface area contributed by atoms with E-state index >= 15 is 0 Å². The first kappa shape index (κ1) is 24.8. The number of nitrogens with two attached hydrogens (primary N) is 1. The minimum Gasteiger partial charge on any atom is -0.328 e. The van der Waals surface area contributed by atoms with Crippen LogP contribution in [0.15, 0.2) is 34.6 Å². The maximum absolute atomic E-state index is 6.60. The van der Waals surface area contributed by atoms with Crippen LogP contribution in [-0.4, -0.2) is 12.1 Å². The monoisotopic (exact) mass is 414 g/mol. The highest BCUT2D eigenvalue weighted by atomic mass is 15.5. The molecule has 0 amide bonds. The van der Waals surface area contributed by atoms with Gasteiger partial charge in [0, 0.05) is 6.54 Å². The summed E-state index contributed by atoms with van der Waals surface area (Å²) in [6, 6.07) is 8.76. The van der Waals surface area contributed by atoms with E-state index in [9.17, 15) is 0 Å². The average molecular weight is 415 g/mol. The molecule has 1 aromatic rings. The summed E-state index contributed by atoms with van der Waals surface area (Å²) in [5.74, 6) is 1.27. The van der Waals surface area contributed by atoms with Gasteiger partial charge in [-0.2, -0.15) is 5.11 Å². The van der Waals surface area contributed by atoms with Gasteiger partial charge in [0.1, 0.15) is 11.1 Å². The van der Waals surface area contributed by atoms with Gasteiger partial charge in [-0.05, 0) is 42.7 Å². The molecule has 4 nitrogen and oxygen atoms in total. The summed E-state index contributed by atoms with van der Waals surface area (Å²) < 4.78 is 0. The average Bonchev–Trinajstić information content (AvgIpc) is 3.12. The topological polar surface area (TPSA) is 62.8 Å². The van der Waals surface area contributed by atoms with Crippen LogP contribution in [0.2, 0.25) is 0 Å². The molecular weight excluding hydrogens is 368 g/mol. The van der Waals surface area contributed by atoms with Crippen LogP contribution in [0.25, 0.3) is 0 Å². The smallest absolute Gasteiger partial charge is 0.135 e. The first-order valence-corrected chi connectivity index (χ1v) is 12.5. The van der Waals surface area contributed by atoms with E-state index in [0.717, 1.165) is 12.8 Å². The van der Waals surface area contributed by atoms with Crippen molar-refractivity contribution in [2.75, 3.05) is 6.54 Å². The van der Waals surface area contributed by atoms with E-state index in [0.29, 0.717) is 18.4 Å². The third-order valence-electron chi connectivity index (χ3n) is 7.52. The van der Waals surface area contributed by atoms with Crippen molar-refractivity contribution in [3.63, 3.8) is 0 Å². The zero-order valence-corrected chi connectivity index (χ0v) is 20.2. The van der Waals surface area contributed by atoms with Crippen LogP contribution < -0.4 is 11.2 Å². The van der Waals surface area contributed by atoms with Crippen molar-refractivity contribution in [2.24, 2.45) is 27.9 Å². The molecule has 3 N–H and O–H groups in total. The third-order valence-corrected chi connectivity index (χ3v) is 7.52. The van der Waals surface area contributed by atoms with Gasteiger partial charge in [0.25, 0.3) is 0 Å². The summed E-state index contributed by atoms with van der Waals surface area (Å²) >= 11 is 0. The Kier molecular flexibility index (Phi) is 9.80. The molecule has 1 aliphatic heterocycles. The Morgan fingerprint density at radius 1 is 0.933 bits per heavy atom. The van der Waals surface area contributed by atoms with E-state index in [1.165, 1.54) is 62.5 Å². The second kappa shape index (κ2) is 11.8. The van der Waals surface area contributed by atoms with Crippen LogP contribution in [0, 0.1) is 18.8 Å². The van der Waals surface area contributed by atoms with Crippen LogP contribution >= 0.6 is 0 Å². The van der Waals surface area contributed by atoms with E-state index in [2.05, 4.69) is 69.5 Å². The van der Waals surface area contributed by atoms with Gasteiger partial charge in [0.15, 0.2) is 0 Å². The van der Waals surface area contributed by atoms with Crippen molar-refractivity contribution in [3.8, 4) is 0 Å². The van der Waals surface area contributed by atoms with Gasteiger partial charge in [0.2, 0.25) is 0 Å². The molecule has 0 saturated carbocycles. The SMILES string of the molecule is CCCCC(CC)CC1(CN)NN=NC1(CC(CC)CCCC)c1ccccc1C. The molecule has 1 heterocycles. The Bertz CT molecular complexity index is 658. The summed E-state index contributed by atoms with van der Waals surface area (Å²) in [5, 5.41) is 9.53. The Hall–Kier alpha value is -1.42. The van der Waals surface area contributed by atoms with Gasteiger partial charge in [-0.15, -0.1) is 0 Å². The number of hydrogen-bond acceptors (Lipinski definition) is 4. The van der Waals surface area contributed by atoms with Gasteiger partial charge in [-0.1, -0.05) is 109 Å². The molecule has 0 saturated heterocycles. The standard InChI is InChI=1S/C26H46N4/c1-6-10-15-22(8-3)18-25(20-27)26(29-30-28-25,19-23(9-4)16-11-7-2)24-17-13-12-14-21(24)5/h12-14,17,22-23H,6-11,15-16,18-20,27H2,1-5H3,(H,28,29). The molecule has 30 heavy (non-hydrogen) atoms. The van der Waals surface area contributed by atoms with Crippen molar-refractivity contribution >= 4 is 0 Å². The summed E-state index contributed by atoms with van der Waals surface area (Å²) in [6.45, 7) is 12.0. The van der Waals surface area contributed by atoms with Gasteiger partial charge in [0.05, 0.1) is 0 Å². The number of nitrogens with zero attached hydrogens (tertiary/aromatic N) is 2. The highest BCUT2D eigenvalue weighted by molar-refractivity contribution is 5.38. The van der Waals surface area contributed by atoms with Crippen LogP contribution in [0.3, 0.4) is 0 Å². The van der Waals surface area contributed by atoms with Crippen LogP contribution in [0.4, 0.5) is 0 Å². The van der Waals surface area contributed by atoms with Crippen molar-refractivity contribution in [1.82, 2.24) is 5.43 Å². The summed E-state index contributed by atoms with van der Waals surface area (Å²) in [6.07, 6.45) is 12.0. The molecule has 0 spiro atoms. The number of aryl methyl sites for hydroxylation is 1. The predicted molar refractivity (Wildman–Crippen MR) is 128 cm³/mol. The molecule has 170 valence electrons. The molecule has 4 atom stereocenters. The molecule has 0 aromatic heterocycles. The number of benzene rings is 1. The highest BCUT2D eigenvalue weighted by Gasteiger charge is 2.57. The van der Waals surface area contributed by atoms with Gasteiger partial charge in [-0.25, -0.2) is 0 Å². The van der Waals surface area contributed by atoms with Crippen molar-refractivity contribution in [2.45, 2.75) is 110 Å². The maximum atomic E-state index is 6.60. The molecular formula is C26H46N4. The molecule has 0 fully saturated rings. The fraction of sp³-hybridized carbons (Fsp3) is 0.769. The van der Waals surface area contributed by atoms with Crippen LogP contribution in [-0.2, 0) is 5.54 Å². The van der Waals surface area contributed by atoms with Gasteiger partial charge in [-0.3, -0.25) is 5.43 Å². The normalized spacial score (nSPS) is 25.3. The van der Waals surface area contributed by atoms with Gasteiger partial charge >= 0.3 is 0 Å². The molecule has 0 radical (unpaired) electrons. The Balaban J connectivity index is 2.51. The summed E-state index contributed by atoms with van der Waals surface area (Å²) in [7, 11) is 0. The number of rotatable bonds is 14. The van der Waals surface area contributed by atoms with E-state index in [4.69, 9.17) is 10.8 Å². The first-order chi connectivity index (χ1) is 14.5. The fourth-order valence-electron chi connectivity index (χ4n) is 5.40. The number of hydrogen-bond donors (Lipinski definition) is 2. The van der Waals surface area contributed by atoms with Crippen molar-refractivity contribution in [1.29, 1.82) is 0 Å². The van der Waals surface area contributed by atoms with E-state index in [1.54, 1.807) is 0 Å². The molecule has 0 bridgehead atoms. The molecule has 1 aromatic carbocycles. The second-order valence-corrected chi connectivity index (χ2v) is 9.51. The lowest BCUT2D eigenvalue weighted by Crippen LogP contribution is -2.61. The Morgan fingerprint density at radius 3 is 2.07 bits per heavy atom. The Morgan fingerprint density at radius 2 is 1.53 bits per heavy atom. The third kappa shape index (κ3) is 5.25. The van der Waals surface area contributed by atoms with Crippen LogP contribution in [0.1, 0.15) is 103 Å². The maximum Gasteiger partial charge on any atom is 0.135 e. The largest absolute Gasteiger partial charge is 0.328 e.